The lowest BCUT2D eigenvalue weighted by molar-refractivity contribution is 0.248. The molecule has 0 aromatic heterocycles. The van der Waals surface area contributed by atoms with E-state index < -0.39 is 11.6 Å². The molecule has 0 fully saturated rings. The minimum Gasteiger partial charge on any atom is -0.489 e. The highest BCUT2D eigenvalue weighted by atomic mass is 19.1. The van der Waals surface area contributed by atoms with Gasteiger partial charge in [-0.05, 0) is 12.8 Å². The fourth-order valence-electron chi connectivity index (χ4n) is 1.84. The predicted molar refractivity (Wildman–Crippen MR) is 76.4 cm³/mol. The molecule has 0 heterocycles. The van der Waals surface area contributed by atoms with Gasteiger partial charge in [-0.15, -0.1) is 0 Å². The second kappa shape index (κ2) is 9.56. The van der Waals surface area contributed by atoms with E-state index in [4.69, 9.17) is 9.47 Å². The quantitative estimate of drug-likeness (QED) is 0.557. The Morgan fingerprint density at radius 3 is 2.05 bits per heavy atom. The third-order valence-electron chi connectivity index (χ3n) is 2.97. The largest absolute Gasteiger partial charge is 0.489 e. The lowest BCUT2D eigenvalue weighted by atomic mass is 10.2. The molecule has 0 aliphatic heterocycles. The average molecular weight is 286 g/mol. The van der Waals surface area contributed by atoms with Crippen molar-refractivity contribution in [3.8, 4) is 11.5 Å². The third-order valence-corrected chi connectivity index (χ3v) is 2.97. The minimum atomic E-state index is -0.702. The molecule has 0 saturated heterocycles. The van der Waals surface area contributed by atoms with Gasteiger partial charge in [0.15, 0.2) is 17.3 Å². The van der Waals surface area contributed by atoms with E-state index in [0.29, 0.717) is 13.2 Å². The van der Waals surface area contributed by atoms with Crippen molar-refractivity contribution in [2.45, 2.75) is 52.4 Å². The zero-order valence-electron chi connectivity index (χ0n) is 12.4. The first-order valence-electron chi connectivity index (χ1n) is 7.43. The number of hydrogen-bond donors (Lipinski definition) is 0. The van der Waals surface area contributed by atoms with E-state index in [1.54, 1.807) is 0 Å². The summed E-state index contributed by atoms with van der Waals surface area (Å²) in [5.41, 5.74) is 0. The molecule has 0 aliphatic rings. The van der Waals surface area contributed by atoms with Crippen LogP contribution in [0.5, 0.6) is 11.5 Å². The molecule has 1 aromatic rings. The van der Waals surface area contributed by atoms with Gasteiger partial charge in [-0.3, -0.25) is 0 Å². The van der Waals surface area contributed by atoms with Gasteiger partial charge in [0, 0.05) is 12.1 Å². The number of halogens is 2. The monoisotopic (exact) mass is 286 g/mol. The maximum absolute atomic E-state index is 13.8. The SMILES string of the molecule is CCCCCOc1cc(F)cc(F)c1OCCCCC. The van der Waals surface area contributed by atoms with Crippen LogP contribution in [0.25, 0.3) is 0 Å². The van der Waals surface area contributed by atoms with Gasteiger partial charge in [0.25, 0.3) is 0 Å². The summed E-state index contributed by atoms with van der Waals surface area (Å²) in [6.45, 7) is 5.04. The summed E-state index contributed by atoms with van der Waals surface area (Å²) in [6, 6.07) is 2.01. The van der Waals surface area contributed by atoms with Crippen molar-refractivity contribution in [3.05, 3.63) is 23.8 Å². The Morgan fingerprint density at radius 1 is 0.850 bits per heavy atom. The third kappa shape index (κ3) is 5.76. The number of ether oxygens (including phenoxy) is 2. The van der Waals surface area contributed by atoms with Crippen molar-refractivity contribution < 1.29 is 18.3 Å². The number of hydrogen-bond acceptors (Lipinski definition) is 2. The summed E-state index contributed by atoms with van der Waals surface area (Å²) in [7, 11) is 0. The van der Waals surface area contributed by atoms with Crippen LogP contribution in [-0.4, -0.2) is 13.2 Å². The summed E-state index contributed by atoms with van der Waals surface area (Å²) in [4.78, 5) is 0. The molecule has 0 saturated carbocycles. The number of unbranched alkanes of at least 4 members (excludes halogenated alkanes) is 4. The Labute approximate surface area is 120 Å². The van der Waals surface area contributed by atoms with Crippen LogP contribution in [0.2, 0.25) is 0 Å². The molecule has 0 radical (unpaired) electrons. The molecule has 2 nitrogen and oxygen atoms in total. The van der Waals surface area contributed by atoms with Gasteiger partial charge < -0.3 is 9.47 Å². The second-order valence-electron chi connectivity index (χ2n) is 4.83. The Morgan fingerprint density at radius 2 is 1.45 bits per heavy atom. The normalized spacial score (nSPS) is 10.6. The minimum absolute atomic E-state index is 0.0269. The van der Waals surface area contributed by atoms with Crippen molar-refractivity contribution in [1.82, 2.24) is 0 Å². The first-order valence-corrected chi connectivity index (χ1v) is 7.43. The topological polar surface area (TPSA) is 18.5 Å². The molecule has 1 rings (SSSR count). The molecule has 0 N–H and O–H groups in total. The van der Waals surface area contributed by atoms with Crippen LogP contribution in [0.4, 0.5) is 8.78 Å². The molecule has 0 amide bonds. The zero-order valence-corrected chi connectivity index (χ0v) is 12.4. The van der Waals surface area contributed by atoms with E-state index in [-0.39, 0.29) is 11.5 Å². The molecule has 1 aromatic carbocycles. The Kier molecular flexibility index (Phi) is 8.00. The molecule has 114 valence electrons. The Balaban J connectivity index is 2.63. The maximum Gasteiger partial charge on any atom is 0.197 e. The molecule has 0 bridgehead atoms. The maximum atomic E-state index is 13.8. The van der Waals surface area contributed by atoms with Crippen molar-refractivity contribution in [2.24, 2.45) is 0 Å². The smallest absolute Gasteiger partial charge is 0.197 e. The van der Waals surface area contributed by atoms with E-state index in [0.717, 1.165) is 44.6 Å². The van der Waals surface area contributed by atoms with E-state index in [2.05, 4.69) is 13.8 Å². The van der Waals surface area contributed by atoms with Gasteiger partial charge in [0.2, 0.25) is 0 Å². The van der Waals surface area contributed by atoms with E-state index in [1.165, 1.54) is 6.07 Å². The molecular formula is C16H24F2O2. The molecule has 0 aliphatic carbocycles. The van der Waals surface area contributed by atoms with E-state index >= 15 is 0 Å². The predicted octanol–water partition coefficient (Wildman–Crippen LogP) is 5.10. The highest BCUT2D eigenvalue weighted by Gasteiger charge is 2.14. The molecule has 0 unspecified atom stereocenters. The highest BCUT2D eigenvalue weighted by Crippen LogP contribution is 2.32. The molecular weight excluding hydrogens is 262 g/mol. The average Bonchev–Trinajstić information content (AvgIpc) is 2.41. The first-order chi connectivity index (χ1) is 9.69. The molecule has 0 atom stereocenters. The first kappa shape index (κ1) is 16.7. The zero-order chi connectivity index (χ0) is 14.8. The standard InChI is InChI=1S/C16H24F2O2/c1-3-5-7-9-19-15-12-13(17)11-14(18)16(15)20-10-8-6-4-2/h11-12H,3-10H2,1-2H3. The summed E-state index contributed by atoms with van der Waals surface area (Å²) in [5, 5.41) is 0. The molecule has 20 heavy (non-hydrogen) atoms. The van der Waals surface area contributed by atoms with Crippen LogP contribution in [0.3, 0.4) is 0 Å². The van der Waals surface area contributed by atoms with Crippen LogP contribution >= 0.6 is 0 Å². The summed E-state index contributed by atoms with van der Waals surface area (Å²) < 4.78 is 37.9. The van der Waals surface area contributed by atoms with Gasteiger partial charge in [0.1, 0.15) is 5.82 Å². The fourth-order valence-corrected chi connectivity index (χ4v) is 1.84. The van der Waals surface area contributed by atoms with Crippen molar-refractivity contribution >= 4 is 0 Å². The van der Waals surface area contributed by atoms with E-state index in [1.807, 2.05) is 0 Å². The summed E-state index contributed by atoms with van der Waals surface area (Å²) in [5.74, 6) is -1.16. The van der Waals surface area contributed by atoms with Crippen molar-refractivity contribution in [1.29, 1.82) is 0 Å². The lowest BCUT2D eigenvalue weighted by Gasteiger charge is -2.13. The summed E-state index contributed by atoms with van der Waals surface area (Å²) >= 11 is 0. The number of benzene rings is 1. The van der Waals surface area contributed by atoms with Crippen LogP contribution < -0.4 is 9.47 Å². The van der Waals surface area contributed by atoms with Gasteiger partial charge >= 0.3 is 0 Å². The Bertz CT molecular complexity index is 394. The lowest BCUT2D eigenvalue weighted by Crippen LogP contribution is -2.05. The van der Waals surface area contributed by atoms with Gasteiger partial charge in [-0.25, -0.2) is 8.78 Å². The van der Waals surface area contributed by atoms with Crippen LogP contribution in [0.15, 0.2) is 12.1 Å². The number of rotatable bonds is 10. The molecule has 0 spiro atoms. The highest BCUT2D eigenvalue weighted by molar-refractivity contribution is 5.41. The van der Waals surface area contributed by atoms with Crippen LogP contribution in [0.1, 0.15) is 52.4 Å². The van der Waals surface area contributed by atoms with Crippen LogP contribution in [-0.2, 0) is 0 Å². The van der Waals surface area contributed by atoms with E-state index in [9.17, 15) is 8.78 Å². The van der Waals surface area contributed by atoms with Crippen molar-refractivity contribution in [3.63, 3.8) is 0 Å². The van der Waals surface area contributed by atoms with Gasteiger partial charge in [0.05, 0.1) is 13.2 Å². The second-order valence-corrected chi connectivity index (χ2v) is 4.83. The van der Waals surface area contributed by atoms with Crippen LogP contribution in [0, 0.1) is 11.6 Å². The van der Waals surface area contributed by atoms with Crippen molar-refractivity contribution in [2.75, 3.05) is 13.2 Å². The fraction of sp³-hybridized carbons (Fsp3) is 0.625. The Hall–Kier alpha value is -1.32. The van der Waals surface area contributed by atoms with Gasteiger partial charge in [-0.1, -0.05) is 39.5 Å². The van der Waals surface area contributed by atoms with Gasteiger partial charge in [-0.2, -0.15) is 0 Å². The summed E-state index contributed by atoms with van der Waals surface area (Å²) in [6.07, 6.45) is 5.91. The molecule has 4 heteroatoms.